The van der Waals surface area contributed by atoms with Crippen molar-refractivity contribution in [2.75, 3.05) is 36.8 Å². The topological polar surface area (TPSA) is 61.2 Å². The van der Waals surface area contributed by atoms with Crippen LogP contribution in [0.1, 0.15) is 5.69 Å². The number of anilines is 2. The van der Waals surface area contributed by atoms with Crippen LogP contribution in [0.3, 0.4) is 0 Å². The molecule has 100 valence electrons. The van der Waals surface area contributed by atoms with E-state index in [4.69, 9.17) is 5.73 Å². The molecule has 0 amide bonds. The van der Waals surface area contributed by atoms with Crippen molar-refractivity contribution in [1.82, 2.24) is 14.9 Å². The maximum absolute atomic E-state index is 5.66. The van der Waals surface area contributed by atoms with E-state index in [9.17, 15) is 0 Å². The van der Waals surface area contributed by atoms with E-state index in [2.05, 4.69) is 25.8 Å². The van der Waals surface area contributed by atoms with Crippen molar-refractivity contribution in [1.29, 1.82) is 0 Å². The molecule has 0 radical (unpaired) electrons. The Bertz CT molecular complexity index is 497. The van der Waals surface area contributed by atoms with E-state index in [0.717, 1.165) is 38.5 Å². The molecule has 0 saturated carbocycles. The number of hydrogen-bond donors (Lipinski definition) is 2. The fraction of sp³-hybridized carbons (Fsp3) is 0.357. The monoisotopic (exact) mass is 257 g/mol. The molecule has 1 aliphatic rings. The molecule has 2 aromatic rings. The van der Waals surface area contributed by atoms with E-state index < -0.39 is 0 Å². The van der Waals surface area contributed by atoms with Gasteiger partial charge in [0.2, 0.25) is 0 Å². The van der Waals surface area contributed by atoms with Gasteiger partial charge in [-0.2, -0.15) is 0 Å². The second-order valence-corrected chi connectivity index (χ2v) is 4.91. The number of rotatable bonds is 3. The molecular formula is C14H19N5. The van der Waals surface area contributed by atoms with Gasteiger partial charge in [0.25, 0.3) is 0 Å². The van der Waals surface area contributed by atoms with E-state index in [0.29, 0.717) is 5.69 Å². The average molecular weight is 257 g/mol. The molecule has 0 bridgehead atoms. The van der Waals surface area contributed by atoms with Crippen LogP contribution in [0, 0.1) is 0 Å². The van der Waals surface area contributed by atoms with E-state index in [1.165, 1.54) is 5.69 Å². The molecule has 3 heterocycles. The quantitative estimate of drug-likeness (QED) is 0.870. The van der Waals surface area contributed by atoms with E-state index in [1.807, 2.05) is 24.4 Å². The lowest BCUT2D eigenvalue weighted by Crippen LogP contribution is -2.46. The summed E-state index contributed by atoms with van der Waals surface area (Å²) in [6, 6.07) is 8.08. The minimum Gasteiger partial charge on any atom is -0.397 e. The first-order valence-corrected chi connectivity index (χ1v) is 6.62. The van der Waals surface area contributed by atoms with Gasteiger partial charge < -0.3 is 15.6 Å². The number of pyridine rings is 1. The Balaban J connectivity index is 1.56. The normalized spacial score (nSPS) is 16.7. The van der Waals surface area contributed by atoms with Crippen LogP contribution in [0.15, 0.2) is 36.7 Å². The lowest BCUT2D eigenvalue weighted by Gasteiger charge is -2.35. The number of aromatic nitrogens is 2. The Kier molecular flexibility index (Phi) is 3.37. The predicted octanol–water partition coefficient (Wildman–Crippen LogP) is 1.31. The summed E-state index contributed by atoms with van der Waals surface area (Å²) in [6.07, 6.45) is 3.70. The molecule has 19 heavy (non-hydrogen) atoms. The average Bonchev–Trinajstić information content (AvgIpc) is 2.94. The van der Waals surface area contributed by atoms with Crippen LogP contribution >= 0.6 is 0 Å². The molecule has 0 aromatic carbocycles. The number of piperazine rings is 1. The zero-order valence-electron chi connectivity index (χ0n) is 10.9. The molecule has 3 N–H and O–H groups in total. The number of nitrogens with two attached hydrogens (primary N) is 1. The van der Waals surface area contributed by atoms with E-state index in [-0.39, 0.29) is 0 Å². The van der Waals surface area contributed by atoms with Gasteiger partial charge in [-0.05, 0) is 24.3 Å². The molecule has 5 heteroatoms. The first-order chi connectivity index (χ1) is 9.31. The molecule has 3 rings (SSSR count). The predicted molar refractivity (Wildman–Crippen MR) is 76.9 cm³/mol. The molecule has 2 aromatic heterocycles. The highest BCUT2D eigenvalue weighted by Gasteiger charge is 2.18. The number of nitrogens with one attached hydrogen (secondary N) is 1. The Labute approximate surface area is 113 Å². The van der Waals surface area contributed by atoms with Crippen molar-refractivity contribution in [2.24, 2.45) is 0 Å². The van der Waals surface area contributed by atoms with Crippen molar-refractivity contribution in [2.45, 2.75) is 6.54 Å². The Morgan fingerprint density at radius 1 is 1.16 bits per heavy atom. The summed E-state index contributed by atoms with van der Waals surface area (Å²) < 4.78 is 0. The van der Waals surface area contributed by atoms with Gasteiger partial charge in [-0.1, -0.05) is 0 Å². The fourth-order valence-electron chi connectivity index (χ4n) is 2.43. The largest absolute Gasteiger partial charge is 0.397 e. The third-order valence-corrected chi connectivity index (χ3v) is 3.52. The molecule has 5 nitrogen and oxygen atoms in total. The van der Waals surface area contributed by atoms with E-state index in [1.54, 1.807) is 6.20 Å². The standard InChI is InChI=1S/C14H19N5/c15-12-3-4-14(17-10-12)19-8-6-18(7-9-19)11-13-2-1-5-16-13/h1-5,10,16H,6-9,11,15H2. The van der Waals surface area contributed by atoms with Crippen LogP contribution in [0.25, 0.3) is 0 Å². The van der Waals surface area contributed by atoms with Crippen LogP contribution in [0.5, 0.6) is 0 Å². The van der Waals surface area contributed by atoms with Crippen molar-refractivity contribution >= 4 is 11.5 Å². The van der Waals surface area contributed by atoms with Gasteiger partial charge >= 0.3 is 0 Å². The number of hydrogen-bond acceptors (Lipinski definition) is 4. The van der Waals surface area contributed by atoms with Gasteiger partial charge in [-0.25, -0.2) is 4.98 Å². The molecule has 0 unspecified atom stereocenters. The van der Waals surface area contributed by atoms with Crippen molar-refractivity contribution < 1.29 is 0 Å². The smallest absolute Gasteiger partial charge is 0.128 e. The highest BCUT2D eigenvalue weighted by atomic mass is 15.3. The first-order valence-electron chi connectivity index (χ1n) is 6.62. The Hall–Kier alpha value is -2.01. The van der Waals surface area contributed by atoms with Gasteiger partial charge in [0.1, 0.15) is 5.82 Å². The second kappa shape index (κ2) is 5.32. The Morgan fingerprint density at radius 2 is 2.00 bits per heavy atom. The van der Waals surface area contributed by atoms with Gasteiger partial charge in [-0.15, -0.1) is 0 Å². The SMILES string of the molecule is Nc1ccc(N2CCN(Cc3ccc[nH]3)CC2)nc1. The van der Waals surface area contributed by atoms with Crippen molar-refractivity contribution in [3.63, 3.8) is 0 Å². The van der Waals surface area contributed by atoms with Crippen LogP contribution < -0.4 is 10.6 Å². The number of nitrogen functional groups attached to an aromatic ring is 1. The number of aromatic amines is 1. The summed E-state index contributed by atoms with van der Waals surface area (Å²) >= 11 is 0. The van der Waals surface area contributed by atoms with Crippen LogP contribution in [-0.2, 0) is 6.54 Å². The first kappa shape index (κ1) is 12.0. The van der Waals surface area contributed by atoms with Crippen molar-refractivity contribution in [3.05, 3.63) is 42.4 Å². The van der Waals surface area contributed by atoms with Gasteiger partial charge in [0, 0.05) is 44.6 Å². The minimum absolute atomic E-state index is 0.717. The highest BCUT2D eigenvalue weighted by molar-refractivity contribution is 5.46. The lowest BCUT2D eigenvalue weighted by atomic mass is 10.3. The zero-order valence-corrected chi connectivity index (χ0v) is 10.9. The summed E-state index contributed by atoms with van der Waals surface area (Å²) in [4.78, 5) is 12.4. The number of H-pyrrole nitrogens is 1. The van der Waals surface area contributed by atoms with Gasteiger partial charge in [-0.3, -0.25) is 4.90 Å². The third-order valence-electron chi connectivity index (χ3n) is 3.52. The minimum atomic E-state index is 0.717. The van der Waals surface area contributed by atoms with Crippen LogP contribution in [0.2, 0.25) is 0 Å². The summed E-state index contributed by atoms with van der Waals surface area (Å²) in [7, 11) is 0. The molecule has 0 spiro atoms. The molecular weight excluding hydrogens is 238 g/mol. The fourth-order valence-corrected chi connectivity index (χ4v) is 2.43. The third kappa shape index (κ3) is 2.88. The molecule has 0 atom stereocenters. The summed E-state index contributed by atoms with van der Waals surface area (Å²) in [5.41, 5.74) is 7.65. The second-order valence-electron chi connectivity index (χ2n) is 4.91. The van der Waals surface area contributed by atoms with Gasteiger partial charge in [0.15, 0.2) is 0 Å². The highest BCUT2D eigenvalue weighted by Crippen LogP contribution is 2.15. The maximum Gasteiger partial charge on any atom is 0.128 e. The van der Waals surface area contributed by atoms with Crippen molar-refractivity contribution in [3.8, 4) is 0 Å². The summed E-state index contributed by atoms with van der Waals surface area (Å²) in [6.45, 7) is 5.14. The van der Waals surface area contributed by atoms with Crippen LogP contribution in [0.4, 0.5) is 11.5 Å². The molecule has 1 saturated heterocycles. The zero-order chi connectivity index (χ0) is 13.1. The molecule has 0 aliphatic carbocycles. The summed E-state index contributed by atoms with van der Waals surface area (Å²) in [5.74, 6) is 1.02. The lowest BCUT2D eigenvalue weighted by molar-refractivity contribution is 0.247. The van der Waals surface area contributed by atoms with Crippen LogP contribution in [-0.4, -0.2) is 41.0 Å². The maximum atomic E-state index is 5.66. The molecule has 1 fully saturated rings. The van der Waals surface area contributed by atoms with Gasteiger partial charge in [0.05, 0.1) is 11.9 Å². The summed E-state index contributed by atoms with van der Waals surface area (Å²) in [5, 5.41) is 0. The number of nitrogens with zero attached hydrogens (tertiary/aromatic N) is 3. The molecule has 1 aliphatic heterocycles. The van der Waals surface area contributed by atoms with E-state index >= 15 is 0 Å². The Morgan fingerprint density at radius 3 is 2.63 bits per heavy atom.